The maximum Gasteiger partial charge on any atom is 0.206 e. The molecule has 5 heteroatoms. The van der Waals surface area contributed by atoms with E-state index in [-0.39, 0.29) is 0 Å². The van der Waals surface area contributed by atoms with Crippen molar-refractivity contribution in [1.82, 2.24) is 9.97 Å². The summed E-state index contributed by atoms with van der Waals surface area (Å²) in [5.41, 5.74) is 3.18. The van der Waals surface area contributed by atoms with E-state index in [0.717, 1.165) is 39.3 Å². The molecule has 0 unspecified atom stereocenters. The third kappa shape index (κ3) is 1.94. The Morgan fingerprint density at radius 1 is 1.20 bits per heavy atom. The second kappa shape index (κ2) is 4.52. The molecule has 4 nitrogen and oxygen atoms in total. The van der Waals surface area contributed by atoms with Crippen molar-refractivity contribution in [2.24, 2.45) is 0 Å². The summed E-state index contributed by atoms with van der Waals surface area (Å²) in [6.07, 6.45) is 0. The lowest BCUT2D eigenvalue weighted by Crippen LogP contribution is -2.32. The molecule has 0 radical (unpaired) electrons. The average Bonchev–Trinajstić information content (AvgIpc) is 2.90. The summed E-state index contributed by atoms with van der Waals surface area (Å²) in [5.74, 6) is 1.79. The first kappa shape index (κ1) is 11.8. The van der Waals surface area contributed by atoms with Gasteiger partial charge in [0.25, 0.3) is 0 Å². The number of aromatic amines is 1. The summed E-state index contributed by atoms with van der Waals surface area (Å²) in [4.78, 5) is 10.0. The fourth-order valence-electron chi connectivity index (χ4n) is 2.44. The lowest BCUT2D eigenvalue weighted by Gasteiger charge is -2.28. The van der Waals surface area contributed by atoms with Gasteiger partial charge < -0.3 is 14.6 Å². The van der Waals surface area contributed by atoms with Crippen molar-refractivity contribution in [1.29, 1.82) is 0 Å². The van der Waals surface area contributed by atoms with E-state index >= 15 is 0 Å². The van der Waals surface area contributed by atoms with Crippen LogP contribution < -0.4 is 9.64 Å². The minimum atomic E-state index is 0.508. The lowest BCUT2D eigenvalue weighted by molar-refractivity contribution is 0.287. The molecule has 0 saturated carbocycles. The molecule has 0 spiro atoms. The van der Waals surface area contributed by atoms with Crippen LogP contribution in [0.25, 0.3) is 11.0 Å². The highest BCUT2D eigenvalue weighted by atomic mass is 79.9. The van der Waals surface area contributed by atoms with Gasteiger partial charge in [0, 0.05) is 10.0 Å². The average molecular weight is 330 g/mol. The highest BCUT2D eigenvalue weighted by molar-refractivity contribution is 9.10. The Kier molecular flexibility index (Phi) is 2.67. The van der Waals surface area contributed by atoms with Gasteiger partial charge in [-0.3, -0.25) is 0 Å². The van der Waals surface area contributed by atoms with Crippen LogP contribution in [0.5, 0.6) is 5.75 Å². The Hall–Kier alpha value is -2.01. The van der Waals surface area contributed by atoms with Crippen molar-refractivity contribution < 1.29 is 4.74 Å². The quantitative estimate of drug-likeness (QED) is 0.740. The number of halogens is 1. The van der Waals surface area contributed by atoms with E-state index in [9.17, 15) is 0 Å². The molecular weight excluding hydrogens is 318 g/mol. The molecule has 2 heterocycles. The number of H-pyrrole nitrogens is 1. The molecule has 1 aliphatic heterocycles. The zero-order valence-corrected chi connectivity index (χ0v) is 12.2. The summed E-state index contributed by atoms with van der Waals surface area (Å²) in [7, 11) is 0. The number of rotatable bonds is 1. The Morgan fingerprint density at radius 3 is 3.00 bits per heavy atom. The number of fused-ring (bicyclic) bond motifs is 2. The van der Waals surface area contributed by atoms with Crippen LogP contribution in [-0.4, -0.2) is 16.7 Å². The minimum absolute atomic E-state index is 0.508. The van der Waals surface area contributed by atoms with E-state index < -0.39 is 0 Å². The predicted molar refractivity (Wildman–Crippen MR) is 81.9 cm³/mol. The zero-order chi connectivity index (χ0) is 13.5. The Labute approximate surface area is 124 Å². The summed E-state index contributed by atoms with van der Waals surface area (Å²) < 4.78 is 6.85. The van der Waals surface area contributed by atoms with E-state index in [1.54, 1.807) is 0 Å². The molecule has 0 aliphatic carbocycles. The molecule has 2 aromatic carbocycles. The van der Waals surface area contributed by atoms with Gasteiger partial charge in [-0.25, -0.2) is 4.98 Å². The van der Waals surface area contributed by atoms with Crippen molar-refractivity contribution in [2.75, 3.05) is 11.6 Å². The smallest absolute Gasteiger partial charge is 0.206 e. The van der Waals surface area contributed by atoms with Crippen molar-refractivity contribution in [2.45, 2.75) is 6.54 Å². The monoisotopic (exact) mass is 329 g/mol. The van der Waals surface area contributed by atoms with Gasteiger partial charge in [-0.05, 0) is 30.3 Å². The maximum absolute atomic E-state index is 5.79. The summed E-state index contributed by atoms with van der Waals surface area (Å²) in [6, 6.07) is 14.1. The first-order valence-electron chi connectivity index (χ1n) is 6.40. The highest BCUT2D eigenvalue weighted by Crippen LogP contribution is 2.30. The summed E-state index contributed by atoms with van der Waals surface area (Å²) in [6.45, 7) is 1.29. The fraction of sp³-hybridized carbons (Fsp3) is 0.133. The first-order chi connectivity index (χ1) is 9.79. The third-order valence-corrected chi connectivity index (χ3v) is 3.93. The number of aromatic nitrogens is 2. The molecule has 1 N–H and O–H groups in total. The standard InChI is InChI=1S/C15H12BrN3O/c16-11-5-6-14-10(7-11)8-19(9-20-14)15-17-12-3-1-2-4-13(12)18-15/h1-7H,8-9H2,(H,17,18). The third-order valence-electron chi connectivity index (χ3n) is 3.44. The molecule has 20 heavy (non-hydrogen) atoms. The normalized spacial score (nSPS) is 14.2. The molecule has 100 valence electrons. The largest absolute Gasteiger partial charge is 0.473 e. The van der Waals surface area contributed by atoms with E-state index in [4.69, 9.17) is 4.74 Å². The number of imidazole rings is 1. The van der Waals surface area contributed by atoms with Crippen molar-refractivity contribution in [3.8, 4) is 5.75 Å². The highest BCUT2D eigenvalue weighted by Gasteiger charge is 2.20. The number of hydrogen-bond donors (Lipinski definition) is 1. The second-order valence-corrected chi connectivity index (χ2v) is 5.72. The summed E-state index contributed by atoms with van der Waals surface area (Å²) in [5, 5.41) is 0. The zero-order valence-electron chi connectivity index (χ0n) is 10.6. The van der Waals surface area contributed by atoms with Crippen LogP contribution in [-0.2, 0) is 6.54 Å². The van der Waals surface area contributed by atoms with Gasteiger partial charge in [-0.2, -0.15) is 0 Å². The minimum Gasteiger partial charge on any atom is -0.473 e. The topological polar surface area (TPSA) is 41.2 Å². The van der Waals surface area contributed by atoms with E-state index in [1.165, 1.54) is 0 Å². The van der Waals surface area contributed by atoms with Gasteiger partial charge in [0.15, 0.2) is 6.73 Å². The molecule has 0 atom stereocenters. The van der Waals surface area contributed by atoms with Crippen LogP contribution in [0.2, 0.25) is 0 Å². The van der Waals surface area contributed by atoms with Crippen LogP contribution in [0.1, 0.15) is 5.56 Å². The van der Waals surface area contributed by atoms with Crippen LogP contribution in [0.3, 0.4) is 0 Å². The number of anilines is 1. The van der Waals surface area contributed by atoms with Crippen molar-refractivity contribution >= 4 is 32.9 Å². The van der Waals surface area contributed by atoms with Gasteiger partial charge in [0.1, 0.15) is 5.75 Å². The van der Waals surface area contributed by atoms with Gasteiger partial charge in [0.05, 0.1) is 17.6 Å². The van der Waals surface area contributed by atoms with Gasteiger partial charge in [-0.15, -0.1) is 0 Å². The van der Waals surface area contributed by atoms with Gasteiger partial charge >= 0.3 is 0 Å². The van der Waals surface area contributed by atoms with Crippen LogP contribution in [0, 0.1) is 0 Å². The Balaban J connectivity index is 1.70. The lowest BCUT2D eigenvalue weighted by atomic mass is 10.2. The molecule has 3 aromatic rings. The number of nitrogens with zero attached hydrogens (tertiary/aromatic N) is 2. The maximum atomic E-state index is 5.79. The van der Waals surface area contributed by atoms with E-state index in [0.29, 0.717) is 6.73 Å². The molecule has 1 aromatic heterocycles. The van der Waals surface area contributed by atoms with E-state index in [2.05, 4.69) is 36.9 Å². The molecule has 1 aliphatic rings. The summed E-state index contributed by atoms with van der Waals surface area (Å²) >= 11 is 3.50. The number of benzene rings is 2. The van der Waals surface area contributed by atoms with Crippen LogP contribution in [0.15, 0.2) is 46.9 Å². The number of hydrogen-bond acceptors (Lipinski definition) is 3. The fourth-order valence-corrected chi connectivity index (χ4v) is 2.84. The SMILES string of the molecule is Brc1ccc2c(c1)CN(c1nc3ccccc3[nH]1)CO2. The predicted octanol–water partition coefficient (Wildman–Crippen LogP) is 3.68. The number of ether oxygens (including phenoxy) is 1. The molecular formula is C15H12BrN3O. The first-order valence-corrected chi connectivity index (χ1v) is 7.20. The van der Waals surface area contributed by atoms with Gasteiger partial charge in [0.2, 0.25) is 5.95 Å². The number of para-hydroxylation sites is 2. The number of nitrogens with one attached hydrogen (secondary N) is 1. The molecule has 4 rings (SSSR count). The molecule has 0 saturated heterocycles. The molecule has 0 amide bonds. The van der Waals surface area contributed by atoms with Gasteiger partial charge in [-0.1, -0.05) is 28.1 Å². The van der Waals surface area contributed by atoms with E-state index in [1.807, 2.05) is 36.4 Å². The van der Waals surface area contributed by atoms with Crippen LogP contribution in [0.4, 0.5) is 5.95 Å². The Bertz CT molecular complexity index is 751. The molecule has 0 fully saturated rings. The van der Waals surface area contributed by atoms with Crippen LogP contribution >= 0.6 is 15.9 Å². The molecule has 0 bridgehead atoms. The Morgan fingerprint density at radius 2 is 2.10 bits per heavy atom. The van der Waals surface area contributed by atoms with Crippen molar-refractivity contribution in [3.05, 3.63) is 52.5 Å². The second-order valence-electron chi connectivity index (χ2n) is 4.80. The van der Waals surface area contributed by atoms with Crippen molar-refractivity contribution in [3.63, 3.8) is 0 Å².